The molecule has 0 saturated heterocycles. The lowest BCUT2D eigenvalue weighted by Crippen LogP contribution is -2.40. The van der Waals surface area contributed by atoms with Crippen LogP contribution >= 0.6 is 11.6 Å². The van der Waals surface area contributed by atoms with E-state index in [1.807, 2.05) is 43.3 Å². The number of nitrogen functional groups attached to an aromatic ring is 1. The van der Waals surface area contributed by atoms with E-state index in [-0.39, 0.29) is 18.0 Å². The molecule has 1 saturated carbocycles. The van der Waals surface area contributed by atoms with Gasteiger partial charge in [0.1, 0.15) is 5.82 Å². The molecule has 0 bridgehead atoms. The maximum Gasteiger partial charge on any atom is 0.253 e. The molecule has 0 unspecified atom stereocenters. The van der Waals surface area contributed by atoms with Crippen LogP contribution in [0.3, 0.4) is 0 Å². The smallest absolute Gasteiger partial charge is 0.253 e. The molecule has 8 heteroatoms. The molecule has 4 rings (SSSR count). The van der Waals surface area contributed by atoms with Crippen LogP contribution in [-0.2, 0) is 0 Å². The fraction of sp³-hybridized carbons (Fsp3) is 0.348. The van der Waals surface area contributed by atoms with Crippen molar-refractivity contribution in [1.29, 1.82) is 0 Å². The summed E-state index contributed by atoms with van der Waals surface area (Å²) in [4.78, 5) is 24.0. The third-order valence-electron chi connectivity index (χ3n) is 5.64. The first-order valence-electron chi connectivity index (χ1n) is 10.5. The topological polar surface area (TPSA) is 96.2 Å². The van der Waals surface area contributed by atoms with Crippen LogP contribution in [0.25, 0.3) is 10.9 Å². The Balaban J connectivity index is 1.38. The lowest BCUT2D eigenvalue weighted by atomic mass is 9.91. The van der Waals surface area contributed by atoms with Gasteiger partial charge in [-0.25, -0.2) is 4.98 Å². The molecule has 7 nitrogen and oxygen atoms in total. The number of anilines is 3. The van der Waals surface area contributed by atoms with Crippen molar-refractivity contribution in [3.05, 3.63) is 53.1 Å². The summed E-state index contributed by atoms with van der Waals surface area (Å²) in [6, 6.07) is 13.4. The number of halogens is 1. The zero-order valence-electron chi connectivity index (χ0n) is 17.7. The lowest BCUT2D eigenvalue weighted by molar-refractivity contribution is 0.0926. The minimum atomic E-state index is -0.158. The van der Waals surface area contributed by atoms with Gasteiger partial charge in [0.25, 0.3) is 5.91 Å². The highest BCUT2D eigenvalue weighted by molar-refractivity contribution is 6.34. The zero-order chi connectivity index (χ0) is 22.0. The van der Waals surface area contributed by atoms with Gasteiger partial charge in [0, 0.05) is 37.3 Å². The number of hydrogen-bond acceptors (Lipinski definition) is 6. The molecule has 1 fully saturated rings. The molecule has 2 aromatic carbocycles. The first kappa shape index (κ1) is 21.2. The summed E-state index contributed by atoms with van der Waals surface area (Å²) in [5, 5.41) is 8.00. The van der Waals surface area contributed by atoms with Crippen LogP contribution in [-0.4, -0.2) is 42.1 Å². The van der Waals surface area contributed by atoms with Gasteiger partial charge in [0.05, 0.1) is 16.1 Å². The molecule has 3 aromatic rings. The Morgan fingerprint density at radius 2 is 1.77 bits per heavy atom. The number of rotatable bonds is 5. The van der Waals surface area contributed by atoms with Crippen LogP contribution in [0.2, 0.25) is 5.02 Å². The standard InChI is InChI=1S/C23H27ClN6O/c1-30(2)21-18-5-3-4-6-20(18)28-23(29-21)27-16-10-8-15(9-11-16)26-22(31)17-12-7-14(25)13-19(17)24/h3-7,12-13,15-16H,8-11,25H2,1-2H3,(H,26,31)(H,27,28,29). The quantitative estimate of drug-likeness (QED) is 0.519. The highest BCUT2D eigenvalue weighted by Gasteiger charge is 2.24. The van der Waals surface area contributed by atoms with E-state index in [2.05, 4.69) is 10.6 Å². The first-order chi connectivity index (χ1) is 14.9. The second kappa shape index (κ2) is 8.98. The van der Waals surface area contributed by atoms with Gasteiger partial charge in [0.2, 0.25) is 5.95 Å². The first-order valence-corrected chi connectivity index (χ1v) is 10.8. The third kappa shape index (κ3) is 4.82. The van der Waals surface area contributed by atoms with Gasteiger partial charge in [-0.05, 0) is 56.0 Å². The summed E-state index contributed by atoms with van der Waals surface area (Å²) >= 11 is 6.16. The Hall–Kier alpha value is -3.06. The molecule has 0 radical (unpaired) electrons. The van der Waals surface area contributed by atoms with Crippen molar-refractivity contribution >= 4 is 45.9 Å². The van der Waals surface area contributed by atoms with Crippen molar-refractivity contribution in [3.63, 3.8) is 0 Å². The van der Waals surface area contributed by atoms with E-state index in [0.29, 0.717) is 22.2 Å². The largest absolute Gasteiger partial charge is 0.399 e. The van der Waals surface area contributed by atoms with E-state index < -0.39 is 0 Å². The fourth-order valence-corrected chi connectivity index (χ4v) is 4.28. The van der Waals surface area contributed by atoms with E-state index >= 15 is 0 Å². The fourth-order valence-electron chi connectivity index (χ4n) is 4.01. The number of hydrogen-bond donors (Lipinski definition) is 3. The van der Waals surface area contributed by atoms with Crippen molar-refractivity contribution in [2.24, 2.45) is 0 Å². The summed E-state index contributed by atoms with van der Waals surface area (Å²) in [5.41, 5.74) is 7.63. The predicted molar refractivity (Wildman–Crippen MR) is 127 cm³/mol. The maximum absolute atomic E-state index is 12.6. The Morgan fingerprint density at radius 1 is 1.06 bits per heavy atom. The zero-order valence-corrected chi connectivity index (χ0v) is 18.5. The molecule has 0 spiro atoms. The number of benzene rings is 2. The second-order valence-electron chi connectivity index (χ2n) is 8.19. The van der Waals surface area contributed by atoms with E-state index in [0.717, 1.165) is 42.4 Å². The highest BCUT2D eigenvalue weighted by atomic mass is 35.5. The van der Waals surface area contributed by atoms with Crippen molar-refractivity contribution in [3.8, 4) is 0 Å². The molecule has 1 aliphatic carbocycles. The third-order valence-corrected chi connectivity index (χ3v) is 5.95. The number of amides is 1. The summed E-state index contributed by atoms with van der Waals surface area (Å²) < 4.78 is 0. The molecule has 162 valence electrons. The van der Waals surface area contributed by atoms with Crippen LogP contribution in [0.4, 0.5) is 17.5 Å². The number of nitrogens with two attached hydrogens (primary N) is 1. The SMILES string of the molecule is CN(C)c1nc(NC2CCC(NC(=O)c3ccc(N)cc3Cl)CC2)nc2ccccc12. The summed E-state index contributed by atoms with van der Waals surface area (Å²) in [7, 11) is 3.97. The van der Waals surface area contributed by atoms with Crippen molar-refractivity contribution < 1.29 is 4.79 Å². The van der Waals surface area contributed by atoms with Gasteiger partial charge in [-0.15, -0.1) is 0 Å². The van der Waals surface area contributed by atoms with Crippen LogP contribution in [0.1, 0.15) is 36.0 Å². The monoisotopic (exact) mass is 438 g/mol. The minimum absolute atomic E-state index is 0.119. The lowest BCUT2D eigenvalue weighted by Gasteiger charge is -2.30. The van der Waals surface area contributed by atoms with Gasteiger partial charge in [-0.2, -0.15) is 4.98 Å². The average molecular weight is 439 g/mol. The summed E-state index contributed by atoms with van der Waals surface area (Å²) in [6.45, 7) is 0. The van der Waals surface area contributed by atoms with Crippen molar-refractivity contribution in [2.45, 2.75) is 37.8 Å². The number of nitrogens with one attached hydrogen (secondary N) is 2. The molecule has 4 N–H and O–H groups in total. The molecule has 1 aliphatic rings. The van der Waals surface area contributed by atoms with E-state index in [1.165, 1.54) is 0 Å². The molecule has 1 amide bonds. The Morgan fingerprint density at radius 3 is 2.48 bits per heavy atom. The van der Waals surface area contributed by atoms with Gasteiger partial charge < -0.3 is 21.3 Å². The molecular weight excluding hydrogens is 412 g/mol. The van der Waals surface area contributed by atoms with E-state index in [4.69, 9.17) is 27.3 Å². The number of fused-ring (bicyclic) bond motifs is 1. The molecular formula is C23H27ClN6O. The maximum atomic E-state index is 12.6. The molecule has 1 aromatic heterocycles. The molecule has 1 heterocycles. The normalized spacial score (nSPS) is 18.5. The van der Waals surface area contributed by atoms with Gasteiger partial charge in [0.15, 0.2) is 0 Å². The number of carbonyl (C=O) groups excluding carboxylic acids is 1. The Labute approximate surface area is 187 Å². The molecule has 0 atom stereocenters. The predicted octanol–water partition coefficient (Wildman–Crippen LogP) is 4.08. The van der Waals surface area contributed by atoms with E-state index in [1.54, 1.807) is 18.2 Å². The van der Waals surface area contributed by atoms with Crippen LogP contribution in [0.5, 0.6) is 0 Å². The van der Waals surface area contributed by atoms with E-state index in [9.17, 15) is 4.79 Å². The van der Waals surface area contributed by atoms with Gasteiger partial charge in [-0.3, -0.25) is 4.79 Å². The second-order valence-corrected chi connectivity index (χ2v) is 8.60. The number of carbonyl (C=O) groups is 1. The van der Waals surface area contributed by atoms with Crippen LogP contribution in [0, 0.1) is 0 Å². The Bertz CT molecular complexity index is 1090. The molecule has 31 heavy (non-hydrogen) atoms. The summed E-state index contributed by atoms with van der Waals surface area (Å²) in [5.74, 6) is 1.38. The van der Waals surface area contributed by atoms with Gasteiger partial charge >= 0.3 is 0 Å². The summed E-state index contributed by atoms with van der Waals surface area (Å²) in [6.07, 6.45) is 3.61. The van der Waals surface area contributed by atoms with Crippen molar-refractivity contribution in [2.75, 3.05) is 30.0 Å². The number of nitrogens with zero attached hydrogens (tertiary/aromatic N) is 3. The van der Waals surface area contributed by atoms with Gasteiger partial charge in [-0.1, -0.05) is 23.7 Å². The minimum Gasteiger partial charge on any atom is -0.399 e. The number of para-hydroxylation sites is 1. The number of aromatic nitrogens is 2. The Kier molecular flexibility index (Phi) is 6.13. The molecule has 0 aliphatic heterocycles. The average Bonchev–Trinajstić information content (AvgIpc) is 2.74. The highest BCUT2D eigenvalue weighted by Crippen LogP contribution is 2.27. The van der Waals surface area contributed by atoms with Crippen LogP contribution in [0.15, 0.2) is 42.5 Å². The van der Waals surface area contributed by atoms with Crippen molar-refractivity contribution in [1.82, 2.24) is 15.3 Å². The van der Waals surface area contributed by atoms with Crippen LogP contribution < -0.4 is 21.3 Å².